The number of halogens is 1. The van der Waals surface area contributed by atoms with Crippen LogP contribution in [0.1, 0.15) is 20.8 Å². The highest BCUT2D eigenvalue weighted by Crippen LogP contribution is 2.16. The van der Waals surface area contributed by atoms with Crippen LogP contribution in [0, 0.1) is 16.6 Å². The van der Waals surface area contributed by atoms with E-state index in [1.54, 1.807) is 18.2 Å². The fourth-order valence-electron chi connectivity index (χ4n) is 1.14. The summed E-state index contributed by atoms with van der Waals surface area (Å²) >= 11 is 0. The molecule has 3 nitrogen and oxygen atoms in total. The molecule has 0 amide bonds. The molecule has 0 saturated heterocycles. The van der Waals surface area contributed by atoms with E-state index in [0.717, 1.165) is 0 Å². The van der Waals surface area contributed by atoms with Crippen LogP contribution >= 0.6 is 0 Å². The molecule has 17 heavy (non-hydrogen) atoms. The summed E-state index contributed by atoms with van der Waals surface area (Å²) in [4.78, 5) is 0. The third kappa shape index (κ3) is 4.26. The predicted molar refractivity (Wildman–Crippen MR) is 69.5 cm³/mol. The van der Waals surface area contributed by atoms with Gasteiger partial charge in [-0.05, 0) is 24.3 Å². The highest BCUT2D eigenvalue weighted by Gasteiger charge is 2.15. The normalized spacial score (nSPS) is 12.4. The fraction of sp³-hybridized carbons (Fsp3) is 0.308. The minimum absolute atomic E-state index is 0.256. The molecule has 0 aliphatic carbocycles. The topological polar surface area (TPSA) is 61.9 Å². The number of allylic oxidation sites excluding steroid dienone is 1. The molecule has 0 aliphatic rings. The van der Waals surface area contributed by atoms with E-state index in [9.17, 15) is 4.39 Å². The van der Waals surface area contributed by atoms with E-state index >= 15 is 0 Å². The Hall–Kier alpha value is -1.84. The van der Waals surface area contributed by atoms with Crippen LogP contribution in [0.4, 0.5) is 10.1 Å². The van der Waals surface area contributed by atoms with Crippen LogP contribution in [0.5, 0.6) is 0 Å². The zero-order chi connectivity index (χ0) is 13.1. The van der Waals surface area contributed by atoms with Gasteiger partial charge < -0.3 is 16.5 Å². The molecule has 0 spiro atoms. The molecule has 0 radical (unpaired) electrons. The van der Waals surface area contributed by atoms with Gasteiger partial charge in [0.15, 0.2) is 0 Å². The van der Waals surface area contributed by atoms with Gasteiger partial charge in [-0.25, -0.2) is 4.39 Å². The number of rotatable bonds is 3. The van der Waals surface area contributed by atoms with Crippen LogP contribution in [-0.2, 0) is 0 Å². The van der Waals surface area contributed by atoms with Crippen molar-refractivity contribution in [1.29, 1.82) is 5.41 Å². The standard InChI is InChI=1S/C13H18FN3/c1-13(2,3)11(15)8-12(16)17-10-6-4-5-9(14)7-10/h4-8,15,17H,16H2,1-3H3/b12-8-,15-11?. The van der Waals surface area contributed by atoms with Crippen molar-refractivity contribution in [3.63, 3.8) is 0 Å². The lowest BCUT2D eigenvalue weighted by Crippen LogP contribution is -2.20. The van der Waals surface area contributed by atoms with Crippen molar-refractivity contribution < 1.29 is 4.39 Å². The predicted octanol–water partition coefficient (Wildman–Crippen LogP) is 3.10. The lowest BCUT2D eigenvalue weighted by atomic mass is 9.90. The molecule has 4 heteroatoms. The zero-order valence-corrected chi connectivity index (χ0v) is 10.3. The van der Waals surface area contributed by atoms with Crippen molar-refractivity contribution in [2.75, 3.05) is 5.32 Å². The van der Waals surface area contributed by atoms with Crippen LogP contribution in [0.15, 0.2) is 36.2 Å². The van der Waals surface area contributed by atoms with E-state index in [1.165, 1.54) is 12.1 Å². The Morgan fingerprint density at radius 1 is 1.41 bits per heavy atom. The lowest BCUT2D eigenvalue weighted by Gasteiger charge is -2.17. The quantitative estimate of drug-likeness (QED) is 0.705. The second kappa shape index (κ2) is 4.99. The maximum absolute atomic E-state index is 12.9. The number of nitrogens with two attached hydrogens (primary N) is 1. The third-order valence-electron chi connectivity index (χ3n) is 2.22. The van der Waals surface area contributed by atoms with Crippen molar-refractivity contribution in [2.45, 2.75) is 20.8 Å². The Kier molecular flexibility index (Phi) is 3.89. The molecule has 1 aromatic carbocycles. The van der Waals surface area contributed by atoms with Gasteiger partial charge in [-0.2, -0.15) is 0 Å². The molecular weight excluding hydrogens is 217 g/mol. The molecule has 0 atom stereocenters. The number of nitrogens with one attached hydrogen (secondary N) is 2. The summed E-state index contributed by atoms with van der Waals surface area (Å²) in [5.74, 6) is 0.00391. The van der Waals surface area contributed by atoms with Crippen LogP contribution in [0.25, 0.3) is 0 Å². The number of anilines is 1. The minimum Gasteiger partial charge on any atom is -0.385 e. The molecule has 0 fully saturated rings. The average molecular weight is 235 g/mol. The Bertz CT molecular complexity index is 444. The van der Waals surface area contributed by atoms with Crippen molar-refractivity contribution in [2.24, 2.45) is 11.1 Å². The number of hydrogen-bond acceptors (Lipinski definition) is 3. The highest BCUT2D eigenvalue weighted by molar-refractivity contribution is 5.97. The van der Waals surface area contributed by atoms with Gasteiger partial charge in [0, 0.05) is 16.8 Å². The van der Waals surface area contributed by atoms with Crippen LogP contribution < -0.4 is 11.1 Å². The zero-order valence-electron chi connectivity index (χ0n) is 10.3. The first-order chi connectivity index (χ1) is 7.79. The van der Waals surface area contributed by atoms with Crippen LogP contribution in [0.3, 0.4) is 0 Å². The summed E-state index contributed by atoms with van der Waals surface area (Å²) in [6.45, 7) is 5.80. The summed E-state index contributed by atoms with van der Waals surface area (Å²) in [5, 5.41) is 10.7. The van der Waals surface area contributed by atoms with Crippen LogP contribution in [-0.4, -0.2) is 5.71 Å². The summed E-state index contributed by atoms with van der Waals surface area (Å²) < 4.78 is 12.9. The SMILES string of the molecule is CC(C)(C)C(=N)/C=C(/N)Nc1cccc(F)c1. The Balaban J connectivity index is 2.76. The second-order valence-electron chi connectivity index (χ2n) is 4.90. The summed E-state index contributed by atoms with van der Waals surface area (Å²) in [7, 11) is 0. The van der Waals surface area contributed by atoms with Gasteiger partial charge in [0.2, 0.25) is 0 Å². The van der Waals surface area contributed by atoms with Gasteiger partial charge >= 0.3 is 0 Å². The molecule has 0 unspecified atom stereocenters. The first-order valence-corrected chi connectivity index (χ1v) is 5.38. The van der Waals surface area contributed by atoms with Crippen molar-refractivity contribution in [1.82, 2.24) is 0 Å². The molecule has 0 aromatic heterocycles. The first-order valence-electron chi connectivity index (χ1n) is 5.38. The smallest absolute Gasteiger partial charge is 0.125 e. The van der Waals surface area contributed by atoms with Gasteiger partial charge in [0.25, 0.3) is 0 Å². The largest absolute Gasteiger partial charge is 0.385 e. The molecule has 0 bridgehead atoms. The van der Waals surface area contributed by atoms with E-state index in [-0.39, 0.29) is 11.2 Å². The number of hydrogen-bond donors (Lipinski definition) is 3. The van der Waals surface area contributed by atoms with E-state index in [0.29, 0.717) is 17.2 Å². The molecule has 4 N–H and O–H groups in total. The van der Waals surface area contributed by atoms with E-state index in [1.807, 2.05) is 20.8 Å². The molecule has 1 rings (SSSR count). The van der Waals surface area contributed by atoms with Gasteiger partial charge in [-0.1, -0.05) is 26.8 Å². The van der Waals surface area contributed by atoms with Gasteiger partial charge in [-0.15, -0.1) is 0 Å². The van der Waals surface area contributed by atoms with Gasteiger partial charge in [-0.3, -0.25) is 0 Å². The first kappa shape index (κ1) is 13.2. The average Bonchev–Trinajstić information content (AvgIpc) is 2.15. The summed E-state index contributed by atoms with van der Waals surface area (Å²) in [6, 6.07) is 6.02. The maximum atomic E-state index is 12.9. The van der Waals surface area contributed by atoms with E-state index in [2.05, 4.69) is 5.32 Å². The molecule has 0 aliphatic heterocycles. The van der Waals surface area contributed by atoms with Gasteiger partial charge in [0.1, 0.15) is 11.6 Å². The van der Waals surface area contributed by atoms with Crippen molar-refractivity contribution >= 4 is 11.4 Å². The summed E-state index contributed by atoms with van der Waals surface area (Å²) in [6.07, 6.45) is 1.55. The van der Waals surface area contributed by atoms with Crippen LogP contribution in [0.2, 0.25) is 0 Å². The van der Waals surface area contributed by atoms with Gasteiger partial charge in [0.05, 0.1) is 0 Å². The summed E-state index contributed by atoms with van der Waals surface area (Å²) in [5.41, 5.74) is 6.47. The van der Waals surface area contributed by atoms with Crippen molar-refractivity contribution in [3.8, 4) is 0 Å². The third-order valence-corrected chi connectivity index (χ3v) is 2.22. The second-order valence-corrected chi connectivity index (χ2v) is 4.90. The fourth-order valence-corrected chi connectivity index (χ4v) is 1.14. The van der Waals surface area contributed by atoms with E-state index in [4.69, 9.17) is 11.1 Å². The molecular formula is C13H18FN3. The number of benzene rings is 1. The van der Waals surface area contributed by atoms with E-state index < -0.39 is 0 Å². The maximum Gasteiger partial charge on any atom is 0.125 e. The molecule has 0 heterocycles. The Labute approximate surface area is 101 Å². The lowest BCUT2D eigenvalue weighted by molar-refractivity contribution is 0.590. The molecule has 0 saturated carbocycles. The molecule has 92 valence electrons. The molecule has 1 aromatic rings. The Morgan fingerprint density at radius 2 is 2.06 bits per heavy atom. The Morgan fingerprint density at radius 3 is 2.59 bits per heavy atom. The van der Waals surface area contributed by atoms with Crippen molar-refractivity contribution in [3.05, 3.63) is 42.0 Å². The highest BCUT2D eigenvalue weighted by atomic mass is 19.1. The minimum atomic E-state index is -0.325. The monoisotopic (exact) mass is 235 g/mol.